The number of nitrogens with zero attached hydrogens (tertiary/aromatic N) is 3. The Bertz CT molecular complexity index is 925. The van der Waals surface area contributed by atoms with Crippen LogP contribution in [0, 0.1) is 0 Å². The van der Waals surface area contributed by atoms with Crippen LogP contribution in [0.4, 0.5) is 5.82 Å². The van der Waals surface area contributed by atoms with E-state index in [1.165, 1.54) is 5.56 Å². The number of unbranched alkanes of at least 4 members (excludes halogenated alkanes) is 1. The van der Waals surface area contributed by atoms with E-state index in [1.807, 2.05) is 0 Å². The van der Waals surface area contributed by atoms with Crippen LogP contribution >= 0.6 is 0 Å². The molecule has 7 heteroatoms. The minimum absolute atomic E-state index is 0.113. The largest absolute Gasteiger partial charge is 0.481 e. The van der Waals surface area contributed by atoms with Crippen LogP contribution in [0.1, 0.15) is 85.8 Å². The number of fused-ring (bicyclic) bond motifs is 1. The summed E-state index contributed by atoms with van der Waals surface area (Å²) in [6, 6.07) is 4.24. The van der Waals surface area contributed by atoms with Gasteiger partial charge in [0.2, 0.25) is 0 Å². The zero-order valence-corrected chi connectivity index (χ0v) is 17.8. The number of hydrogen-bond acceptors (Lipinski definition) is 6. The predicted octanol–water partition coefficient (Wildman–Crippen LogP) is 4.04. The van der Waals surface area contributed by atoms with Gasteiger partial charge in [-0.3, -0.25) is 9.59 Å². The number of carbonyl (C=O) groups is 2. The highest BCUT2D eigenvalue weighted by molar-refractivity contribution is 5.80. The number of anilines is 1. The van der Waals surface area contributed by atoms with Gasteiger partial charge in [0, 0.05) is 49.0 Å². The van der Waals surface area contributed by atoms with Crippen molar-refractivity contribution in [1.29, 1.82) is 0 Å². The van der Waals surface area contributed by atoms with E-state index in [4.69, 9.17) is 4.98 Å². The smallest absolute Gasteiger partial charge is 0.311 e. The Labute approximate surface area is 182 Å². The van der Waals surface area contributed by atoms with E-state index < -0.39 is 11.9 Å². The molecular weight excluding hydrogens is 392 g/mol. The van der Waals surface area contributed by atoms with Gasteiger partial charge in [-0.15, -0.1) is 0 Å². The highest BCUT2D eigenvalue weighted by Crippen LogP contribution is 2.38. The normalized spacial score (nSPS) is 16.3. The Balaban J connectivity index is 1.19. The molecule has 31 heavy (non-hydrogen) atoms. The molecule has 3 heterocycles. The third-order valence-electron chi connectivity index (χ3n) is 6.14. The lowest BCUT2D eigenvalue weighted by atomic mass is 9.94. The zero-order valence-electron chi connectivity index (χ0n) is 17.8. The third-order valence-corrected chi connectivity index (χ3v) is 6.14. The fourth-order valence-corrected chi connectivity index (χ4v) is 4.08. The quantitative estimate of drug-likeness (QED) is 0.527. The molecule has 0 spiro atoms. The molecule has 2 N–H and O–H groups in total. The first-order chi connectivity index (χ1) is 15.1. The molecule has 1 aliphatic heterocycles. The summed E-state index contributed by atoms with van der Waals surface area (Å²) in [6.07, 6.45) is 11.3. The van der Waals surface area contributed by atoms with Crippen LogP contribution in [0.5, 0.6) is 0 Å². The number of Topliss-reactive ketones (excluding diaryl/α,β-unsaturated/α-hetero) is 1. The average molecular weight is 423 g/mol. The Morgan fingerprint density at radius 2 is 1.94 bits per heavy atom. The molecule has 164 valence electrons. The predicted molar refractivity (Wildman–Crippen MR) is 117 cm³/mol. The molecule has 0 bridgehead atoms. The summed E-state index contributed by atoms with van der Waals surface area (Å²) in [7, 11) is 0. The maximum atomic E-state index is 12.3. The van der Waals surface area contributed by atoms with Crippen LogP contribution in [0.3, 0.4) is 0 Å². The summed E-state index contributed by atoms with van der Waals surface area (Å²) in [5.41, 5.74) is 2.92. The van der Waals surface area contributed by atoms with Gasteiger partial charge in [-0.25, -0.2) is 15.0 Å². The Morgan fingerprint density at radius 1 is 1.13 bits per heavy atom. The molecule has 0 amide bonds. The summed E-state index contributed by atoms with van der Waals surface area (Å²) in [5, 5.41) is 12.9. The van der Waals surface area contributed by atoms with Crippen LogP contribution in [0.25, 0.3) is 0 Å². The number of carboxylic acid groups (broad SMARTS) is 1. The molecule has 0 saturated heterocycles. The van der Waals surface area contributed by atoms with Gasteiger partial charge in [-0.1, -0.05) is 6.07 Å². The van der Waals surface area contributed by atoms with Crippen LogP contribution in [0.2, 0.25) is 0 Å². The molecule has 1 fully saturated rings. The number of nitrogens with one attached hydrogen (secondary N) is 1. The fraction of sp³-hybridized carbons (Fsp3) is 0.542. The summed E-state index contributed by atoms with van der Waals surface area (Å²) >= 11 is 0. The van der Waals surface area contributed by atoms with Gasteiger partial charge in [0.05, 0.1) is 5.92 Å². The highest BCUT2D eigenvalue weighted by Gasteiger charge is 2.27. The van der Waals surface area contributed by atoms with Gasteiger partial charge in [-0.2, -0.15) is 0 Å². The van der Waals surface area contributed by atoms with Gasteiger partial charge in [0.1, 0.15) is 17.4 Å². The van der Waals surface area contributed by atoms with E-state index in [9.17, 15) is 14.7 Å². The van der Waals surface area contributed by atoms with Gasteiger partial charge in [0.15, 0.2) is 0 Å². The molecule has 0 aromatic carbocycles. The monoisotopic (exact) mass is 422 g/mol. The van der Waals surface area contributed by atoms with Crippen molar-refractivity contribution in [2.24, 2.45) is 0 Å². The summed E-state index contributed by atoms with van der Waals surface area (Å²) in [5.74, 6) is 0.697. The summed E-state index contributed by atoms with van der Waals surface area (Å²) in [6.45, 7) is 0.978. The fourth-order valence-electron chi connectivity index (χ4n) is 4.08. The van der Waals surface area contributed by atoms with Crippen molar-refractivity contribution in [1.82, 2.24) is 15.0 Å². The number of ketones is 1. The molecule has 1 atom stereocenters. The van der Waals surface area contributed by atoms with Crippen LogP contribution in [0.15, 0.2) is 24.5 Å². The zero-order chi connectivity index (χ0) is 21.6. The second kappa shape index (κ2) is 9.98. The number of aliphatic carboxylic acids is 1. The number of hydrogen-bond donors (Lipinski definition) is 2. The van der Waals surface area contributed by atoms with Crippen LogP contribution in [-0.4, -0.2) is 38.4 Å². The number of carboxylic acids is 1. The topological polar surface area (TPSA) is 105 Å². The first kappa shape index (κ1) is 21.4. The highest BCUT2D eigenvalue weighted by atomic mass is 16.4. The maximum absolute atomic E-state index is 12.3. The van der Waals surface area contributed by atoms with Crippen molar-refractivity contribution in [2.45, 2.75) is 76.0 Å². The molecule has 2 aliphatic rings. The molecule has 0 radical (unpaired) electrons. The first-order valence-electron chi connectivity index (χ1n) is 11.4. The molecule has 1 saturated carbocycles. The van der Waals surface area contributed by atoms with E-state index >= 15 is 0 Å². The Kier molecular flexibility index (Phi) is 6.89. The molecule has 4 rings (SSSR count). The average Bonchev–Trinajstić information content (AvgIpc) is 3.62. The van der Waals surface area contributed by atoms with Crippen molar-refractivity contribution in [3.05, 3.63) is 47.2 Å². The maximum Gasteiger partial charge on any atom is 0.311 e. The standard InChI is InChI=1S/C24H30N4O3/c29-20(6-2-1-5-19-10-9-16-4-3-13-25-23(16)28-19)11-12-21(24(30)31)18-14-26-22(27-15-18)17-7-8-17/h9-10,14-15,17,21H,1-8,11-13H2,(H,25,28)(H,30,31)/t21-/m1/s1. The number of aryl methyl sites for hydroxylation is 2. The minimum atomic E-state index is -0.928. The van der Waals surface area contributed by atoms with Crippen molar-refractivity contribution in [3.8, 4) is 0 Å². The van der Waals surface area contributed by atoms with E-state index in [0.717, 1.165) is 68.8 Å². The van der Waals surface area contributed by atoms with E-state index in [1.54, 1.807) is 12.4 Å². The van der Waals surface area contributed by atoms with Crippen LogP contribution in [-0.2, 0) is 22.4 Å². The Morgan fingerprint density at radius 3 is 2.68 bits per heavy atom. The lowest BCUT2D eigenvalue weighted by molar-refractivity contribution is -0.139. The summed E-state index contributed by atoms with van der Waals surface area (Å²) < 4.78 is 0. The SMILES string of the molecule is O=C(CCCCc1ccc2c(n1)NCCC2)CC[C@@H](C(=O)O)c1cnc(C2CC2)nc1. The van der Waals surface area contributed by atoms with Crippen molar-refractivity contribution in [3.63, 3.8) is 0 Å². The van der Waals surface area contributed by atoms with Gasteiger partial charge in [0.25, 0.3) is 0 Å². The summed E-state index contributed by atoms with van der Waals surface area (Å²) in [4.78, 5) is 37.3. The van der Waals surface area contributed by atoms with Crippen molar-refractivity contribution in [2.75, 3.05) is 11.9 Å². The minimum Gasteiger partial charge on any atom is -0.481 e. The molecular formula is C24H30N4O3. The number of aromatic nitrogens is 3. The molecule has 7 nitrogen and oxygen atoms in total. The second-order valence-electron chi connectivity index (χ2n) is 8.66. The molecule has 2 aromatic heterocycles. The molecule has 0 unspecified atom stereocenters. The van der Waals surface area contributed by atoms with Gasteiger partial charge >= 0.3 is 5.97 Å². The van der Waals surface area contributed by atoms with Crippen molar-refractivity contribution < 1.29 is 14.7 Å². The molecule has 1 aliphatic carbocycles. The lowest BCUT2D eigenvalue weighted by Crippen LogP contribution is -2.14. The van der Waals surface area contributed by atoms with E-state index in [-0.39, 0.29) is 12.2 Å². The Hall–Kier alpha value is -2.83. The van der Waals surface area contributed by atoms with Gasteiger partial charge < -0.3 is 10.4 Å². The lowest BCUT2D eigenvalue weighted by Gasteiger charge is -2.17. The number of pyridine rings is 1. The van der Waals surface area contributed by atoms with E-state index in [2.05, 4.69) is 27.4 Å². The molecule has 2 aromatic rings. The first-order valence-corrected chi connectivity index (χ1v) is 11.4. The number of carbonyl (C=O) groups excluding carboxylic acids is 1. The third kappa shape index (κ3) is 5.87. The van der Waals surface area contributed by atoms with Gasteiger partial charge in [-0.05, 0) is 63.0 Å². The second-order valence-corrected chi connectivity index (χ2v) is 8.66. The van der Waals surface area contributed by atoms with Crippen LogP contribution < -0.4 is 5.32 Å². The van der Waals surface area contributed by atoms with Crippen molar-refractivity contribution >= 4 is 17.6 Å². The number of rotatable bonds is 11. The van der Waals surface area contributed by atoms with E-state index in [0.29, 0.717) is 24.3 Å².